The monoisotopic (exact) mass is 342 g/mol. The van der Waals surface area contributed by atoms with Crippen molar-refractivity contribution in [3.8, 4) is 22.8 Å². The maximum Gasteiger partial charge on any atom is 0.319 e. The predicted octanol–water partition coefficient (Wildman–Crippen LogP) is 4.39. The minimum absolute atomic E-state index is 0.124. The van der Waals surface area contributed by atoms with Crippen LogP contribution in [0.25, 0.3) is 22.8 Å². The zero-order valence-corrected chi connectivity index (χ0v) is 14.3. The van der Waals surface area contributed by atoms with E-state index in [4.69, 9.17) is 4.52 Å². The second kappa shape index (κ2) is 7.27. The smallest absolute Gasteiger partial charge is 0.319 e. The van der Waals surface area contributed by atoms with Crippen LogP contribution in [0.1, 0.15) is 20.3 Å². The van der Waals surface area contributed by atoms with Gasteiger partial charge in [-0.2, -0.15) is 16.3 Å². The second-order valence-corrected chi connectivity index (χ2v) is 6.20. The third kappa shape index (κ3) is 3.80. The summed E-state index contributed by atoms with van der Waals surface area (Å²) in [5, 5.41) is 13.6. The molecule has 0 radical (unpaired) electrons. The molecule has 0 aliphatic heterocycles. The number of carbonyl (C=O) groups excluding carboxylic acids is 1. The molecule has 2 amide bonds. The maximum atomic E-state index is 11.9. The van der Waals surface area contributed by atoms with Gasteiger partial charge in [0.2, 0.25) is 5.82 Å². The lowest BCUT2D eigenvalue weighted by Crippen LogP contribution is -2.35. The summed E-state index contributed by atoms with van der Waals surface area (Å²) in [6.45, 7) is 3.98. The van der Waals surface area contributed by atoms with Crippen LogP contribution in [0.4, 0.5) is 10.5 Å². The molecule has 0 fully saturated rings. The average Bonchev–Trinajstić information content (AvgIpc) is 3.26. The van der Waals surface area contributed by atoms with Crippen molar-refractivity contribution in [1.82, 2.24) is 15.5 Å². The molecule has 124 valence electrons. The predicted molar refractivity (Wildman–Crippen MR) is 95.0 cm³/mol. The molecule has 2 heterocycles. The lowest BCUT2D eigenvalue weighted by atomic mass is 10.2. The summed E-state index contributed by atoms with van der Waals surface area (Å²) in [6, 6.07) is 9.18. The van der Waals surface area contributed by atoms with Gasteiger partial charge in [0.1, 0.15) is 0 Å². The standard InChI is InChI=1S/C17H18N4O2S/c1-3-11(2)18-17(22)19-14-6-4-5-12(9-14)15-20-16(23-21-15)13-7-8-24-10-13/h4-11H,3H2,1-2H3,(H2,18,19,22)/t11-/m0/s1. The van der Waals surface area contributed by atoms with Crippen LogP contribution in [0, 0.1) is 0 Å². The zero-order valence-electron chi connectivity index (χ0n) is 13.4. The molecule has 3 aromatic rings. The number of urea groups is 1. The molecule has 0 aliphatic carbocycles. The Morgan fingerprint density at radius 3 is 2.96 bits per heavy atom. The van der Waals surface area contributed by atoms with Gasteiger partial charge in [-0.05, 0) is 36.9 Å². The highest BCUT2D eigenvalue weighted by atomic mass is 32.1. The van der Waals surface area contributed by atoms with Crippen molar-refractivity contribution >= 4 is 23.1 Å². The number of anilines is 1. The first-order valence-electron chi connectivity index (χ1n) is 7.70. The molecule has 0 unspecified atom stereocenters. The van der Waals surface area contributed by atoms with Gasteiger partial charge >= 0.3 is 6.03 Å². The highest BCUT2D eigenvalue weighted by molar-refractivity contribution is 7.08. The van der Waals surface area contributed by atoms with E-state index in [-0.39, 0.29) is 12.1 Å². The average molecular weight is 342 g/mol. The van der Waals surface area contributed by atoms with Crippen molar-refractivity contribution in [2.24, 2.45) is 0 Å². The highest BCUT2D eigenvalue weighted by Crippen LogP contribution is 2.25. The first-order chi connectivity index (χ1) is 11.7. The van der Waals surface area contributed by atoms with Crippen LogP contribution < -0.4 is 10.6 Å². The van der Waals surface area contributed by atoms with Gasteiger partial charge in [0.05, 0.1) is 5.56 Å². The van der Waals surface area contributed by atoms with E-state index in [1.54, 1.807) is 11.3 Å². The number of nitrogens with zero attached hydrogens (tertiary/aromatic N) is 2. The fourth-order valence-electron chi connectivity index (χ4n) is 2.07. The fourth-order valence-corrected chi connectivity index (χ4v) is 2.70. The molecule has 0 saturated heterocycles. The van der Waals surface area contributed by atoms with Gasteiger partial charge in [-0.25, -0.2) is 4.79 Å². The van der Waals surface area contributed by atoms with Crippen LogP contribution in [-0.4, -0.2) is 22.2 Å². The molecule has 24 heavy (non-hydrogen) atoms. The van der Waals surface area contributed by atoms with E-state index in [1.807, 2.05) is 54.9 Å². The molecule has 3 rings (SSSR count). The molecule has 0 spiro atoms. The van der Waals surface area contributed by atoms with Gasteiger partial charge in [-0.3, -0.25) is 0 Å². The molecule has 7 heteroatoms. The van der Waals surface area contributed by atoms with Crippen LogP contribution in [0.3, 0.4) is 0 Å². The van der Waals surface area contributed by atoms with Crippen LogP contribution in [-0.2, 0) is 0 Å². The van der Waals surface area contributed by atoms with E-state index >= 15 is 0 Å². The number of nitrogens with one attached hydrogen (secondary N) is 2. The largest absolute Gasteiger partial charge is 0.335 e. The minimum atomic E-state index is -0.228. The number of benzene rings is 1. The summed E-state index contributed by atoms with van der Waals surface area (Å²) < 4.78 is 5.30. The van der Waals surface area contributed by atoms with Gasteiger partial charge in [-0.1, -0.05) is 24.2 Å². The van der Waals surface area contributed by atoms with E-state index in [0.29, 0.717) is 17.4 Å². The fraction of sp³-hybridized carbons (Fsp3) is 0.235. The summed E-state index contributed by atoms with van der Waals surface area (Å²) in [7, 11) is 0. The van der Waals surface area contributed by atoms with E-state index < -0.39 is 0 Å². The number of thiophene rings is 1. The summed E-state index contributed by atoms with van der Waals surface area (Å²) >= 11 is 1.57. The molecule has 0 saturated carbocycles. The van der Waals surface area contributed by atoms with Crippen molar-refractivity contribution < 1.29 is 9.32 Å². The van der Waals surface area contributed by atoms with Gasteiger partial charge in [0, 0.05) is 22.7 Å². The Morgan fingerprint density at radius 1 is 1.33 bits per heavy atom. The summed E-state index contributed by atoms with van der Waals surface area (Å²) in [6.07, 6.45) is 0.877. The highest BCUT2D eigenvalue weighted by Gasteiger charge is 2.12. The Bertz CT molecular complexity index is 814. The molecule has 1 atom stereocenters. The quantitative estimate of drug-likeness (QED) is 0.721. The number of amides is 2. The van der Waals surface area contributed by atoms with E-state index in [2.05, 4.69) is 20.8 Å². The number of rotatable bonds is 5. The van der Waals surface area contributed by atoms with Crippen LogP contribution in [0.15, 0.2) is 45.6 Å². The van der Waals surface area contributed by atoms with Gasteiger partial charge in [-0.15, -0.1) is 0 Å². The van der Waals surface area contributed by atoms with Crippen LogP contribution in [0.2, 0.25) is 0 Å². The van der Waals surface area contributed by atoms with E-state index in [1.165, 1.54) is 0 Å². The van der Waals surface area contributed by atoms with E-state index in [0.717, 1.165) is 17.5 Å². The number of hydrogen-bond acceptors (Lipinski definition) is 5. The molecular weight excluding hydrogens is 324 g/mol. The summed E-state index contributed by atoms with van der Waals surface area (Å²) in [5.74, 6) is 0.973. The Labute approximate surface area is 143 Å². The van der Waals surface area contributed by atoms with Crippen molar-refractivity contribution in [1.29, 1.82) is 0 Å². The molecular formula is C17H18N4O2S. The number of aromatic nitrogens is 2. The lowest BCUT2D eigenvalue weighted by Gasteiger charge is -2.12. The van der Waals surface area contributed by atoms with Crippen molar-refractivity contribution in [3.05, 3.63) is 41.1 Å². The maximum absolute atomic E-state index is 11.9. The topological polar surface area (TPSA) is 80.0 Å². The van der Waals surface area contributed by atoms with Gasteiger partial charge in [0.25, 0.3) is 5.89 Å². The first-order valence-corrected chi connectivity index (χ1v) is 8.64. The molecule has 0 aliphatic rings. The summed E-state index contributed by atoms with van der Waals surface area (Å²) in [4.78, 5) is 16.3. The first kappa shape index (κ1) is 16.2. The van der Waals surface area contributed by atoms with Crippen LogP contribution >= 0.6 is 11.3 Å². The normalized spacial score (nSPS) is 11.9. The van der Waals surface area contributed by atoms with Crippen LogP contribution in [0.5, 0.6) is 0 Å². The van der Waals surface area contributed by atoms with Gasteiger partial charge < -0.3 is 15.2 Å². The third-order valence-corrected chi connectivity index (χ3v) is 4.25. The van der Waals surface area contributed by atoms with E-state index in [9.17, 15) is 4.79 Å². The van der Waals surface area contributed by atoms with Crippen molar-refractivity contribution in [2.45, 2.75) is 26.3 Å². The Morgan fingerprint density at radius 2 is 2.21 bits per heavy atom. The number of hydrogen-bond donors (Lipinski definition) is 2. The molecule has 1 aromatic carbocycles. The lowest BCUT2D eigenvalue weighted by molar-refractivity contribution is 0.249. The SMILES string of the molecule is CC[C@H](C)NC(=O)Nc1cccc(-c2noc(-c3ccsc3)n2)c1. The third-order valence-electron chi connectivity index (χ3n) is 3.56. The summed E-state index contributed by atoms with van der Waals surface area (Å²) in [5.41, 5.74) is 2.36. The molecule has 2 N–H and O–H groups in total. The minimum Gasteiger partial charge on any atom is -0.335 e. The molecule has 2 aromatic heterocycles. The van der Waals surface area contributed by atoms with Crippen molar-refractivity contribution in [2.75, 3.05) is 5.32 Å². The van der Waals surface area contributed by atoms with Crippen molar-refractivity contribution in [3.63, 3.8) is 0 Å². The zero-order chi connectivity index (χ0) is 16.9. The Balaban J connectivity index is 1.75. The second-order valence-electron chi connectivity index (χ2n) is 5.42. The Hall–Kier alpha value is -2.67. The van der Waals surface area contributed by atoms with Gasteiger partial charge in [0.15, 0.2) is 0 Å². The molecule has 0 bridgehead atoms. The Kier molecular flexibility index (Phi) is 4.90. The number of carbonyl (C=O) groups is 1. The molecule has 6 nitrogen and oxygen atoms in total.